The van der Waals surface area contributed by atoms with Gasteiger partial charge in [-0.25, -0.2) is 4.98 Å². The van der Waals surface area contributed by atoms with E-state index < -0.39 is 0 Å². The first-order valence-electron chi connectivity index (χ1n) is 5.13. The zero-order valence-electron chi connectivity index (χ0n) is 9.11. The van der Waals surface area contributed by atoms with Crippen molar-refractivity contribution in [1.29, 1.82) is 5.26 Å². The summed E-state index contributed by atoms with van der Waals surface area (Å²) in [5.41, 5.74) is 0. The number of rotatable bonds is 6. The lowest BCUT2D eigenvalue weighted by atomic mass is 10.3. The van der Waals surface area contributed by atoms with E-state index in [4.69, 9.17) is 5.26 Å². The standard InChI is InChI=1S/C11H14BrN3S/c1-2-5-14-10(6-13)8-16-11-4-3-9(12)7-15-11/h3-4,7,10,14H,2,5,8H2,1H3. The van der Waals surface area contributed by atoms with Gasteiger partial charge < -0.3 is 5.32 Å². The van der Waals surface area contributed by atoms with Crippen molar-refractivity contribution in [3.63, 3.8) is 0 Å². The minimum atomic E-state index is -0.101. The molecular weight excluding hydrogens is 286 g/mol. The van der Waals surface area contributed by atoms with Gasteiger partial charge in [0.15, 0.2) is 0 Å². The van der Waals surface area contributed by atoms with Crippen molar-refractivity contribution in [2.24, 2.45) is 0 Å². The van der Waals surface area contributed by atoms with E-state index in [-0.39, 0.29) is 6.04 Å². The zero-order chi connectivity index (χ0) is 11.8. The topological polar surface area (TPSA) is 48.7 Å². The predicted octanol–water partition coefficient (Wildman–Crippen LogP) is 2.83. The van der Waals surface area contributed by atoms with E-state index in [2.05, 4.69) is 39.2 Å². The molecule has 1 rings (SSSR count). The minimum Gasteiger partial charge on any atom is -0.301 e. The van der Waals surface area contributed by atoms with Crippen LogP contribution in [0.4, 0.5) is 0 Å². The molecule has 0 aromatic carbocycles. The molecule has 0 saturated carbocycles. The molecule has 3 nitrogen and oxygen atoms in total. The Bertz CT molecular complexity index is 347. The van der Waals surface area contributed by atoms with Gasteiger partial charge >= 0.3 is 0 Å². The number of hydrogen-bond acceptors (Lipinski definition) is 4. The van der Waals surface area contributed by atoms with Gasteiger partial charge in [0.1, 0.15) is 6.04 Å². The highest BCUT2D eigenvalue weighted by molar-refractivity contribution is 9.10. The molecule has 1 aromatic rings. The van der Waals surface area contributed by atoms with Gasteiger partial charge in [0.25, 0.3) is 0 Å². The molecule has 0 saturated heterocycles. The highest BCUT2D eigenvalue weighted by atomic mass is 79.9. The number of aromatic nitrogens is 1. The van der Waals surface area contributed by atoms with Crippen LogP contribution in [0.2, 0.25) is 0 Å². The van der Waals surface area contributed by atoms with E-state index in [9.17, 15) is 0 Å². The molecule has 5 heteroatoms. The molecule has 0 bridgehead atoms. The van der Waals surface area contributed by atoms with Crippen LogP contribution >= 0.6 is 27.7 Å². The van der Waals surface area contributed by atoms with Crippen LogP contribution < -0.4 is 5.32 Å². The van der Waals surface area contributed by atoms with E-state index in [1.165, 1.54) is 0 Å². The van der Waals surface area contributed by atoms with E-state index in [1.807, 2.05) is 12.1 Å². The minimum absolute atomic E-state index is 0.101. The highest BCUT2D eigenvalue weighted by Gasteiger charge is 2.06. The number of nitrogens with zero attached hydrogens (tertiary/aromatic N) is 2. The van der Waals surface area contributed by atoms with Crippen molar-refractivity contribution < 1.29 is 0 Å². The second kappa shape index (κ2) is 7.66. The average Bonchev–Trinajstić information content (AvgIpc) is 2.32. The van der Waals surface area contributed by atoms with Crippen LogP contribution in [0.15, 0.2) is 27.8 Å². The van der Waals surface area contributed by atoms with Crippen molar-refractivity contribution in [2.75, 3.05) is 12.3 Å². The van der Waals surface area contributed by atoms with Crippen molar-refractivity contribution in [1.82, 2.24) is 10.3 Å². The van der Waals surface area contributed by atoms with Crippen LogP contribution in [0, 0.1) is 11.3 Å². The molecular formula is C11H14BrN3S. The lowest BCUT2D eigenvalue weighted by Crippen LogP contribution is -2.30. The third kappa shape index (κ3) is 4.97. The van der Waals surface area contributed by atoms with E-state index in [0.29, 0.717) is 0 Å². The first-order chi connectivity index (χ1) is 7.76. The van der Waals surface area contributed by atoms with Crippen LogP contribution in [-0.4, -0.2) is 23.3 Å². The normalized spacial score (nSPS) is 12.1. The Morgan fingerprint density at radius 1 is 1.62 bits per heavy atom. The first kappa shape index (κ1) is 13.5. The Morgan fingerprint density at radius 3 is 3.00 bits per heavy atom. The van der Waals surface area contributed by atoms with Crippen LogP contribution in [0.3, 0.4) is 0 Å². The summed E-state index contributed by atoms with van der Waals surface area (Å²) in [6.07, 6.45) is 2.81. The Morgan fingerprint density at radius 2 is 2.44 bits per heavy atom. The molecule has 0 spiro atoms. The van der Waals surface area contributed by atoms with E-state index >= 15 is 0 Å². The molecule has 0 aliphatic heterocycles. The molecule has 0 amide bonds. The summed E-state index contributed by atoms with van der Waals surface area (Å²) in [7, 11) is 0. The fourth-order valence-electron chi connectivity index (χ4n) is 1.08. The molecule has 0 radical (unpaired) electrons. The smallest absolute Gasteiger partial charge is 0.105 e. The van der Waals surface area contributed by atoms with E-state index in [1.54, 1.807) is 18.0 Å². The largest absolute Gasteiger partial charge is 0.301 e. The SMILES string of the molecule is CCCNC(C#N)CSc1ccc(Br)cn1. The Hall–Kier alpha value is -0.570. The maximum Gasteiger partial charge on any atom is 0.105 e. The van der Waals surface area contributed by atoms with Crippen LogP contribution in [-0.2, 0) is 0 Å². The van der Waals surface area contributed by atoms with Gasteiger partial charge in [0.2, 0.25) is 0 Å². The van der Waals surface area contributed by atoms with Crippen molar-refractivity contribution in [2.45, 2.75) is 24.4 Å². The molecule has 1 atom stereocenters. The van der Waals surface area contributed by atoms with Crippen LogP contribution in [0.25, 0.3) is 0 Å². The summed E-state index contributed by atoms with van der Waals surface area (Å²) in [4.78, 5) is 4.24. The average molecular weight is 300 g/mol. The van der Waals surface area contributed by atoms with Crippen molar-refractivity contribution >= 4 is 27.7 Å². The van der Waals surface area contributed by atoms with E-state index in [0.717, 1.165) is 28.2 Å². The second-order valence-electron chi connectivity index (χ2n) is 3.26. The number of nitriles is 1. The van der Waals surface area contributed by atoms with Crippen molar-refractivity contribution in [3.05, 3.63) is 22.8 Å². The molecule has 1 aromatic heterocycles. The quantitative estimate of drug-likeness (QED) is 0.821. The lowest BCUT2D eigenvalue weighted by Gasteiger charge is -2.09. The summed E-state index contributed by atoms with van der Waals surface area (Å²) in [5, 5.41) is 13.0. The van der Waals surface area contributed by atoms with Gasteiger partial charge in [-0.05, 0) is 41.0 Å². The second-order valence-corrected chi connectivity index (χ2v) is 5.22. The van der Waals surface area contributed by atoms with Crippen LogP contribution in [0.1, 0.15) is 13.3 Å². The molecule has 0 aliphatic carbocycles. The predicted molar refractivity (Wildman–Crippen MR) is 70.4 cm³/mol. The summed E-state index contributed by atoms with van der Waals surface area (Å²) in [6.45, 7) is 2.97. The molecule has 16 heavy (non-hydrogen) atoms. The molecule has 0 aliphatic rings. The van der Waals surface area contributed by atoms with Gasteiger partial charge in [-0.2, -0.15) is 5.26 Å². The number of pyridine rings is 1. The third-order valence-electron chi connectivity index (χ3n) is 1.89. The summed E-state index contributed by atoms with van der Waals surface area (Å²) >= 11 is 4.93. The fraction of sp³-hybridized carbons (Fsp3) is 0.455. The Balaban J connectivity index is 2.38. The van der Waals surface area contributed by atoms with Gasteiger partial charge in [-0.3, -0.25) is 0 Å². The molecule has 1 N–H and O–H groups in total. The monoisotopic (exact) mass is 299 g/mol. The number of thioether (sulfide) groups is 1. The van der Waals surface area contributed by atoms with Gasteiger partial charge in [-0.1, -0.05) is 6.92 Å². The van der Waals surface area contributed by atoms with Gasteiger partial charge in [0.05, 0.1) is 11.1 Å². The Kier molecular flexibility index (Phi) is 6.46. The van der Waals surface area contributed by atoms with Gasteiger partial charge in [-0.15, -0.1) is 11.8 Å². The maximum absolute atomic E-state index is 8.92. The van der Waals surface area contributed by atoms with Crippen LogP contribution in [0.5, 0.6) is 0 Å². The maximum atomic E-state index is 8.92. The Labute approximate surface area is 109 Å². The number of hydrogen-bond donors (Lipinski definition) is 1. The third-order valence-corrected chi connectivity index (χ3v) is 3.40. The zero-order valence-corrected chi connectivity index (χ0v) is 11.5. The summed E-state index contributed by atoms with van der Waals surface area (Å²) in [5.74, 6) is 0.727. The summed E-state index contributed by atoms with van der Waals surface area (Å²) < 4.78 is 0.970. The number of halogens is 1. The molecule has 86 valence electrons. The molecule has 1 heterocycles. The number of nitrogens with one attached hydrogen (secondary N) is 1. The molecule has 1 unspecified atom stereocenters. The molecule has 0 fully saturated rings. The first-order valence-corrected chi connectivity index (χ1v) is 6.91. The summed E-state index contributed by atoms with van der Waals surface area (Å²) in [6, 6.07) is 6.05. The fourth-order valence-corrected chi connectivity index (χ4v) is 2.13. The van der Waals surface area contributed by atoms with Gasteiger partial charge in [0, 0.05) is 16.4 Å². The highest BCUT2D eigenvalue weighted by Crippen LogP contribution is 2.18. The van der Waals surface area contributed by atoms with Crippen molar-refractivity contribution in [3.8, 4) is 6.07 Å². The lowest BCUT2D eigenvalue weighted by molar-refractivity contribution is 0.637.